The van der Waals surface area contributed by atoms with E-state index in [0.29, 0.717) is 6.54 Å². The Kier molecular flexibility index (Phi) is 7.25. The molecule has 0 bridgehead atoms. The second-order valence-corrected chi connectivity index (χ2v) is 10.1. The van der Waals surface area contributed by atoms with Crippen molar-refractivity contribution in [1.82, 2.24) is 4.31 Å². The highest BCUT2D eigenvalue weighted by atomic mass is 35.5. The number of piperidine rings is 1. The van der Waals surface area contributed by atoms with Gasteiger partial charge in [-0.25, -0.2) is 16.8 Å². The average molecular weight is 397 g/mol. The number of hydrogen-bond acceptors (Lipinski definition) is 5. The Hall–Kier alpha value is -0.670. The molecule has 138 valence electrons. The summed E-state index contributed by atoms with van der Waals surface area (Å²) in [6.07, 6.45) is 2.52. The van der Waals surface area contributed by atoms with Gasteiger partial charge < -0.3 is 5.73 Å². The molecule has 6 nitrogen and oxygen atoms in total. The predicted octanol–water partition coefficient (Wildman–Crippen LogP) is 1.79. The van der Waals surface area contributed by atoms with Gasteiger partial charge in [0.2, 0.25) is 10.0 Å². The van der Waals surface area contributed by atoms with Crippen LogP contribution in [0.2, 0.25) is 0 Å². The van der Waals surface area contributed by atoms with Gasteiger partial charge in [-0.2, -0.15) is 4.31 Å². The number of sulfonamides is 1. The van der Waals surface area contributed by atoms with Gasteiger partial charge in [0, 0.05) is 18.6 Å². The summed E-state index contributed by atoms with van der Waals surface area (Å²) in [6, 6.07) is 4.99. The van der Waals surface area contributed by atoms with Crippen molar-refractivity contribution in [3.05, 3.63) is 24.3 Å². The van der Waals surface area contributed by atoms with E-state index in [1.54, 1.807) is 6.92 Å². The van der Waals surface area contributed by atoms with Gasteiger partial charge in [-0.1, -0.05) is 13.3 Å². The minimum Gasteiger partial charge on any atom is -0.326 e. The van der Waals surface area contributed by atoms with E-state index in [-0.39, 0.29) is 40.0 Å². The van der Waals surface area contributed by atoms with Crippen LogP contribution in [0.25, 0.3) is 0 Å². The van der Waals surface area contributed by atoms with E-state index in [2.05, 4.69) is 0 Å². The summed E-state index contributed by atoms with van der Waals surface area (Å²) < 4.78 is 50.8. The molecule has 1 fully saturated rings. The minimum absolute atomic E-state index is 0. The Bertz CT molecular complexity index is 746. The summed E-state index contributed by atoms with van der Waals surface area (Å²) in [7, 11) is -7.00. The molecule has 24 heavy (non-hydrogen) atoms. The predicted molar refractivity (Wildman–Crippen MR) is 96.6 cm³/mol. The standard InChI is InChI=1S/C15H24N2O4S2.ClH/c1-3-22(18,19)13-7-9-14(10-8-13)23(20,21)17-11-5-4-6-15(17)12(2)16;/h7-10,12,15H,3-6,11,16H2,1-2H3;1H. The summed E-state index contributed by atoms with van der Waals surface area (Å²) in [5, 5.41) is 0. The number of halogens is 1. The van der Waals surface area contributed by atoms with Crippen LogP contribution in [0.15, 0.2) is 34.1 Å². The SMILES string of the molecule is CCS(=O)(=O)c1ccc(S(=O)(=O)N2CCCCC2C(C)N)cc1.Cl. The number of rotatable bonds is 5. The van der Waals surface area contributed by atoms with Crippen molar-refractivity contribution in [2.24, 2.45) is 5.73 Å². The summed E-state index contributed by atoms with van der Waals surface area (Å²) in [6.45, 7) is 3.82. The van der Waals surface area contributed by atoms with E-state index in [1.807, 2.05) is 6.92 Å². The first-order valence-electron chi connectivity index (χ1n) is 7.80. The molecule has 0 radical (unpaired) electrons. The molecule has 0 aromatic heterocycles. The van der Waals surface area contributed by atoms with Crippen LogP contribution >= 0.6 is 12.4 Å². The van der Waals surface area contributed by atoms with E-state index >= 15 is 0 Å². The molecule has 0 amide bonds. The first-order chi connectivity index (χ1) is 10.7. The first kappa shape index (κ1) is 21.4. The quantitative estimate of drug-likeness (QED) is 0.818. The molecule has 2 N–H and O–H groups in total. The largest absolute Gasteiger partial charge is 0.326 e. The molecule has 1 aliphatic rings. The number of nitrogens with zero attached hydrogens (tertiary/aromatic N) is 1. The molecular weight excluding hydrogens is 372 g/mol. The summed E-state index contributed by atoms with van der Waals surface area (Å²) in [5.74, 6) is -0.0159. The average Bonchev–Trinajstić information content (AvgIpc) is 2.55. The van der Waals surface area contributed by atoms with Crippen molar-refractivity contribution in [1.29, 1.82) is 0 Å². The molecule has 1 aliphatic heterocycles. The van der Waals surface area contributed by atoms with Gasteiger partial charge in [0.25, 0.3) is 0 Å². The molecule has 9 heteroatoms. The molecule has 1 aromatic rings. The van der Waals surface area contributed by atoms with E-state index < -0.39 is 19.9 Å². The third-order valence-electron chi connectivity index (χ3n) is 4.27. The van der Waals surface area contributed by atoms with Crippen LogP contribution in [-0.4, -0.2) is 45.5 Å². The van der Waals surface area contributed by atoms with Crippen molar-refractivity contribution in [2.75, 3.05) is 12.3 Å². The normalized spacial score (nSPS) is 21.0. The molecule has 1 heterocycles. The lowest BCUT2D eigenvalue weighted by Crippen LogP contribution is -2.51. The number of benzene rings is 1. The fraction of sp³-hybridized carbons (Fsp3) is 0.600. The number of hydrogen-bond donors (Lipinski definition) is 1. The van der Waals surface area contributed by atoms with Crippen LogP contribution in [0.1, 0.15) is 33.1 Å². The van der Waals surface area contributed by atoms with Crippen molar-refractivity contribution in [3.8, 4) is 0 Å². The topological polar surface area (TPSA) is 97.5 Å². The zero-order valence-electron chi connectivity index (χ0n) is 13.9. The highest BCUT2D eigenvalue weighted by Crippen LogP contribution is 2.27. The van der Waals surface area contributed by atoms with E-state index in [4.69, 9.17) is 5.73 Å². The third kappa shape index (κ3) is 4.29. The van der Waals surface area contributed by atoms with Gasteiger partial charge in [0.1, 0.15) is 0 Å². The van der Waals surface area contributed by atoms with E-state index in [1.165, 1.54) is 28.6 Å². The summed E-state index contributed by atoms with van der Waals surface area (Å²) in [5.41, 5.74) is 5.95. The second kappa shape index (κ2) is 8.14. The maximum Gasteiger partial charge on any atom is 0.243 e. The van der Waals surface area contributed by atoms with Gasteiger partial charge in [-0.05, 0) is 44.0 Å². The zero-order chi connectivity index (χ0) is 17.3. The van der Waals surface area contributed by atoms with Crippen LogP contribution in [0.5, 0.6) is 0 Å². The monoisotopic (exact) mass is 396 g/mol. The molecule has 2 rings (SSSR count). The first-order valence-corrected chi connectivity index (χ1v) is 10.9. The highest BCUT2D eigenvalue weighted by molar-refractivity contribution is 7.91. The summed E-state index contributed by atoms with van der Waals surface area (Å²) >= 11 is 0. The van der Waals surface area contributed by atoms with Gasteiger partial charge in [0.15, 0.2) is 9.84 Å². The Balaban J connectivity index is 0.00000288. The molecule has 2 unspecified atom stereocenters. The lowest BCUT2D eigenvalue weighted by molar-refractivity contribution is 0.227. The molecule has 0 saturated carbocycles. The summed E-state index contributed by atoms with van der Waals surface area (Å²) in [4.78, 5) is 0.251. The van der Waals surface area contributed by atoms with Crippen molar-refractivity contribution in [3.63, 3.8) is 0 Å². The Morgan fingerprint density at radius 1 is 1.12 bits per heavy atom. The van der Waals surface area contributed by atoms with E-state index in [9.17, 15) is 16.8 Å². The van der Waals surface area contributed by atoms with Gasteiger partial charge in [-0.3, -0.25) is 0 Å². The van der Waals surface area contributed by atoms with Gasteiger partial charge in [-0.15, -0.1) is 12.4 Å². The highest BCUT2D eigenvalue weighted by Gasteiger charge is 2.35. The van der Waals surface area contributed by atoms with Crippen LogP contribution in [-0.2, 0) is 19.9 Å². The van der Waals surface area contributed by atoms with Crippen molar-refractivity contribution < 1.29 is 16.8 Å². The third-order valence-corrected chi connectivity index (χ3v) is 7.96. The zero-order valence-corrected chi connectivity index (χ0v) is 16.3. The van der Waals surface area contributed by atoms with Gasteiger partial charge >= 0.3 is 0 Å². The molecular formula is C15H25ClN2O4S2. The molecule has 0 aliphatic carbocycles. The van der Waals surface area contributed by atoms with Crippen LogP contribution < -0.4 is 5.73 Å². The van der Waals surface area contributed by atoms with Crippen molar-refractivity contribution >= 4 is 32.3 Å². The van der Waals surface area contributed by atoms with Crippen LogP contribution in [0.3, 0.4) is 0 Å². The maximum absolute atomic E-state index is 12.9. The second-order valence-electron chi connectivity index (χ2n) is 5.91. The Morgan fingerprint density at radius 3 is 2.17 bits per heavy atom. The van der Waals surface area contributed by atoms with Crippen LogP contribution in [0, 0.1) is 0 Å². The van der Waals surface area contributed by atoms with Crippen LogP contribution in [0.4, 0.5) is 0 Å². The Morgan fingerprint density at radius 2 is 1.67 bits per heavy atom. The molecule has 1 aromatic carbocycles. The Labute approximate surface area is 150 Å². The number of nitrogens with two attached hydrogens (primary N) is 1. The maximum atomic E-state index is 12.9. The van der Waals surface area contributed by atoms with Gasteiger partial charge in [0.05, 0.1) is 15.5 Å². The lowest BCUT2D eigenvalue weighted by atomic mass is 10.00. The fourth-order valence-electron chi connectivity index (χ4n) is 2.88. The number of sulfone groups is 1. The smallest absolute Gasteiger partial charge is 0.243 e. The minimum atomic E-state index is -3.67. The molecule has 0 spiro atoms. The lowest BCUT2D eigenvalue weighted by Gasteiger charge is -2.36. The van der Waals surface area contributed by atoms with E-state index in [0.717, 1.165) is 19.3 Å². The molecule has 2 atom stereocenters. The van der Waals surface area contributed by atoms with Crippen molar-refractivity contribution in [2.45, 2.75) is 55.0 Å². The fourth-order valence-corrected chi connectivity index (χ4v) is 5.53. The molecule has 1 saturated heterocycles.